The van der Waals surface area contributed by atoms with Crippen LogP contribution in [-0.4, -0.2) is 24.3 Å². The zero-order chi connectivity index (χ0) is 21.0. The number of fused-ring (bicyclic) bond motifs is 1. The van der Waals surface area contributed by atoms with Crippen LogP contribution < -0.4 is 5.32 Å². The molecule has 0 spiro atoms. The Hall–Kier alpha value is -2.50. The maximum atomic E-state index is 12.2. The molecule has 0 radical (unpaired) electrons. The normalized spacial score (nSPS) is 12.7. The lowest BCUT2D eigenvalue weighted by Gasteiger charge is -2.09. The summed E-state index contributed by atoms with van der Waals surface area (Å²) in [5.41, 5.74) is 2.20. The highest BCUT2D eigenvalue weighted by Gasteiger charge is 2.22. The Balaban J connectivity index is 1.48. The van der Waals surface area contributed by atoms with Crippen molar-refractivity contribution < 1.29 is 19.1 Å². The number of esters is 1. The first kappa shape index (κ1) is 21.2. The van der Waals surface area contributed by atoms with Crippen molar-refractivity contribution >= 4 is 45.3 Å². The minimum absolute atomic E-state index is 0.0493. The molecule has 0 atom stereocenters. The van der Waals surface area contributed by atoms with Crippen LogP contribution in [0.3, 0.4) is 0 Å². The van der Waals surface area contributed by atoms with Crippen LogP contribution >= 0.6 is 22.7 Å². The number of nitrogens with one attached hydrogen (secondary N) is 1. The second-order valence-corrected chi connectivity index (χ2v) is 9.55. The minimum Gasteiger partial charge on any atom is -0.456 e. The Kier molecular flexibility index (Phi) is 6.83. The number of hydrogen-bond donors (Lipinski definition) is 1. The molecule has 1 amide bonds. The topological polar surface area (TPSA) is 96.3 Å². The van der Waals surface area contributed by atoms with E-state index in [2.05, 4.69) is 11.4 Å². The lowest BCUT2D eigenvalue weighted by atomic mass is 9.96. The summed E-state index contributed by atoms with van der Waals surface area (Å²) in [6.07, 6.45) is 3.90. The third-order valence-electron chi connectivity index (χ3n) is 4.80. The average Bonchev–Trinajstić information content (AvgIpc) is 3.22. The SMILES string of the molecule is Cc1cc(C(=O)CCC(=O)OCC(=O)Nc2sc3c(c2C#N)CCCC3)c(C)s1. The van der Waals surface area contributed by atoms with Gasteiger partial charge in [-0.1, -0.05) is 0 Å². The second kappa shape index (κ2) is 9.33. The number of anilines is 1. The fraction of sp³-hybridized carbons (Fsp3) is 0.429. The van der Waals surface area contributed by atoms with Gasteiger partial charge in [0.2, 0.25) is 0 Å². The number of thiophene rings is 2. The van der Waals surface area contributed by atoms with E-state index in [9.17, 15) is 19.6 Å². The third-order valence-corrected chi connectivity index (χ3v) is 6.97. The molecule has 0 saturated heterocycles. The number of nitrogens with zero attached hydrogens (tertiary/aromatic N) is 1. The third kappa shape index (κ3) is 5.11. The van der Waals surface area contributed by atoms with Crippen molar-refractivity contribution in [2.24, 2.45) is 0 Å². The number of carbonyl (C=O) groups is 3. The van der Waals surface area contributed by atoms with E-state index in [0.717, 1.165) is 45.9 Å². The molecule has 2 aromatic heterocycles. The molecule has 29 heavy (non-hydrogen) atoms. The van der Waals surface area contributed by atoms with Crippen molar-refractivity contribution in [3.05, 3.63) is 37.4 Å². The summed E-state index contributed by atoms with van der Waals surface area (Å²) in [5, 5.41) is 12.6. The zero-order valence-electron chi connectivity index (χ0n) is 16.4. The molecule has 3 rings (SSSR count). The first-order chi connectivity index (χ1) is 13.9. The summed E-state index contributed by atoms with van der Waals surface area (Å²) >= 11 is 2.97. The summed E-state index contributed by atoms with van der Waals surface area (Å²) in [6.45, 7) is 3.38. The van der Waals surface area contributed by atoms with E-state index in [1.165, 1.54) is 11.3 Å². The van der Waals surface area contributed by atoms with Crippen molar-refractivity contribution in [1.82, 2.24) is 0 Å². The maximum Gasteiger partial charge on any atom is 0.306 e. The highest BCUT2D eigenvalue weighted by Crippen LogP contribution is 2.37. The monoisotopic (exact) mass is 430 g/mol. The van der Waals surface area contributed by atoms with E-state index in [1.807, 2.05) is 19.9 Å². The quantitative estimate of drug-likeness (QED) is 0.521. The van der Waals surface area contributed by atoms with Crippen LogP contribution in [0.2, 0.25) is 0 Å². The summed E-state index contributed by atoms with van der Waals surface area (Å²) in [4.78, 5) is 39.4. The summed E-state index contributed by atoms with van der Waals surface area (Å²) in [7, 11) is 0. The van der Waals surface area contributed by atoms with Gasteiger partial charge in [-0.15, -0.1) is 22.7 Å². The van der Waals surface area contributed by atoms with Crippen LogP contribution in [0.5, 0.6) is 0 Å². The first-order valence-corrected chi connectivity index (χ1v) is 11.1. The number of rotatable bonds is 7. The minimum atomic E-state index is -0.593. The lowest BCUT2D eigenvalue weighted by Crippen LogP contribution is -2.21. The number of hydrogen-bond acceptors (Lipinski definition) is 7. The number of nitriles is 1. The Morgan fingerprint density at radius 2 is 1.93 bits per heavy atom. The van der Waals surface area contributed by atoms with E-state index in [0.29, 0.717) is 16.1 Å². The Labute approximate surface area is 177 Å². The van der Waals surface area contributed by atoms with E-state index < -0.39 is 18.5 Å². The average molecular weight is 431 g/mol. The van der Waals surface area contributed by atoms with Crippen LogP contribution in [0.25, 0.3) is 0 Å². The lowest BCUT2D eigenvalue weighted by molar-refractivity contribution is -0.147. The Morgan fingerprint density at radius 1 is 1.17 bits per heavy atom. The largest absolute Gasteiger partial charge is 0.456 e. The van der Waals surface area contributed by atoms with Gasteiger partial charge in [0, 0.05) is 26.6 Å². The van der Waals surface area contributed by atoms with E-state index in [-0.39, 0.29) is 18.6 Å². The van der Waals surface area contributed by atoms with Crippen LogP contribution in [0, 0.1) is 25.2 Å². The van der Waals surface area contributed by atoms with Crippen molar-refractivity contribution in [2.45, 2.75) is 52.4 Å². The molecule has 1 aliphatic carbocycles. The number of aryl methyl sites for hydroxylation is 3. The summed E-state index contributed by atoms with van der Waals surface area (Å²) in [5.74, 6) is -1.18. The predicted molar refractivity (Wildman–Crippen MR) is 113 cm³/mol. The van der Waals surface area contributed by atoms with Crippen molar-refractivity contribution in [3.8, 4) is 6.07 Å². The standard InChI is InChI=1S/C21H22N2O4S2/c1-12-9-15(13(2)28-12)17(24)7-8-20(26)27-11-19(25)23-21-16(10-22)14-5-3-4-6-18(14)29-21/h9H,3-8,11H2,1-2H3,(H,23,25). The van der Waals surface area contributed by atoms with Gasteiger partial charge < -0.3 is 10.1 Å². The van der Waals surface area contributed by atoms with Crippen LogP contribution in [0.4, 0.5) is 5.00 Å². The molecule has 8 heteroatoms. The summed E-state index contributed by atoms with van der Waals surface area (Å²) in [6, 6.07) is 4.01. The first-order valence-electron chi connectivity index (χ1n) is 9.49. The number of amides is 1. The molecule has 2 aromatic rings. The Morgan fingerprint density at radius 3 is 2.62 bits per heavy atom. The predicted octanol–water partition coefficient (Wildman–Crippen LogP) is 4.32. The van der Waals surface area contributed by atoms with E-state index in [4.69, 9.17) is 4.74 Å². The van der Waals surface area contributed by atoms with Crippen LogP contribution in [0.1, 0.15) is 61.8 Å². The molecule has 0 fully saturated rings. The Bertz CT molecular complexity index is 997. The smallest absolute Gasteiger partial charge is 0.306 e. The van der Waals surface area contributed by atoms with Gasteiger partial charge in [-0.25, -0.2) is 0 Å². The molecular weight excluding hydrogens is 408 g/mol. The molecule has 0 aromatic carbocycles. The number of carbonyl (C=O) groups excluding carboxylic acids is 3. The molecular formula is C21H22N2O4S2. The number of ketones is 1. The molecule has 2 heterocycles. The molecule has 0 aliphatic heterocycles. The summed E-state index contributed by atoms with van der Waals surface area (Å²) < 4.78 is 4.99. The van der Waals surface area contributed by atoms with Crippen LogP contribution in [-0.2, 0) is 27.2 Å². The van der Waals surface area contributed by atoms with Gasteiger partial charge in [-0.2, -0.15) is 5.26 Å². The van der Waals surface area contributed by atoms with Gasteiger partial charge in [0.05, 0.1) is 12.0 Å². The number of Topliss-reactive ketones (excluding diaryl/α,β-unsaturated/α-hetero) is 1. The molecule has 0 saturated carbocycles. The van der Waals surface area contributed by atoms with Crippen molar-refractivity contribution in [1.29, 1.82) is 5.26 Å². The van der Waals surface area contributed by atoms with Gasteiger partial charge in [-0.3, -0.25) is 14.4 Å². The molecule has 1 aliphatic rings. The molecule has 1 N–H and O–H groups in total. The van der Waals surface area contributed by atoms with E-state index in [1.54, 1.807) is 11.3 Å². The van der Waals surface area contributed by atoms with Crippen LogP contribution in [0.15, 0.2) is 6.07 Å². The van der Waals surface area contributed by atoms with Gasteiger partial charge in [0.25, 0.3) is 5.91 Å². The fourth-order valence-electron chi connectivity index (χ4n) is 3.41. The molecule has 6 nitrogen and oxygen atoms in total. The van der Waals surface area contributed by atoms with Gasteiger partial charge in [0.15, 0.2) is 12.4 Å². The maximum absolute atomic E-state index is 12.2. The van der Waals surface area contributed by atoms with E-state index >= 15 is 0 Å². The highest BCUT2D eigenvalue weighted by molar-refractivity contribution is 7.16. The zero-order valence-corrected chi connectivity index (χ0v) is 18.1. The van der Waals surface area contributed by atoms with Gasteiger partial charge in [-0.05, 0) is 51.2 Å². The van der Waals surface area contributed by atoms with Gasteiger partial charge >= 0.3 is 5.97 Å². The van der Waals surface area contributed by atoms with Gasteiger partial charge in [0.1, 0.15) is 11.1 Å². The fourth-order valence-corrected chi connectivity index (χ4v) is 5.61. The second-order valence-electron chi connectivity index (χ2n) is 6.99. The van der Waals surface area contributed by atoms with Crippen molar-refractivity contribution in [2.75, 3.05) is 11.9 Å². The molecule has 0 bridgehead atoms. The molecule has 0 unspecified atom stereocenters. The highest BCUT2D eigenvalue weighted by atomic mass is 32.1. The number of ether oxygens (including phenoxy) is 1. The molecule has 152 valence electrons. The van der Waals surface area contributed by atoms with Crippen molar-refractivity contribution in [3.63, 3.8) is 0 Å².